The number of esters is 3. The summed E-state index contributed by atoms with van der Waals surface area (Å²) in [6.45, 7) is 8.35. The summed E-state index contributed by atoms with van der Waals surface area (Å²) < 4.78 is 71.4. The van der Waals surface area contributed by atoms with E-state index >= 15 is 0 Å². The Morgan fingerprint density at radius 1 is 0.458 bits per heavy atom. The van der Waals surface area contributed by atoms with Crippen LogP contribution in [0.25, 0.3) is 0 Å². The molecule has 0 aliphatic carbocycles. The Morgan fingerprint density at radius 2 is 0.833 bits per heavy atom. The maximum absolute atomic E-state index is 14.7. The van der Waals surface area contributed by atoms with Crippen LogP contribution < -0.4 is 15.5 Å². The standard InChI is InChI=1S/C68H128N2O24P2/c1-6-11-16-21-24-25-28-33-38-43-58(77)88-53(42-37-32-27-23-18-13-8-3)47-57(76)70-62-66(92-60(79)46-52(74)41-35-30-20-15-10-5)64(93-95(81,82)83)54(48-71)89-67(62)87-49-55-63(80)65(91-59(78)45-51(73)40-34-29-19-14-9-4)61(68(90-55)94-96(84,85)86)69-56(75)44-50(72)39-36-31-26-22-17-12-7-2/h50-55,61-68,71-74,80H,6-49H2,1-5H3,(H,69,75)(H,70,76)(H2,81,82,83)(H2,84,85,86)/p-1/t50-,51-,52-,53-,54?,55?,61?,62?,63-,64-,65-,66-,67-,68-/m1/s1. The summed E-state index contributed by atoms with van der Waals surface area (Å²) >= 11 is 0. The first-order chi connectivity index (χ1) is 45.9. The van der Waals surface area contributed by atoms with Gasteiger partial charge in [-0.2, -0.15) is 0 Å². The van der Waals surface area contributed by atoms with Crippen LogP contribution in [0.3, 0.4) is 0 Å². The largest absolute Gasteiger partial charge is 0.756 e. The molecule has 96 heavy (non-hydrogen) atoms. The van der Waals surface area contributed by atoms with Crippen LogP contribution >= 0.6 is 15.6 Å². The second kappa shape index (κ2) is 53.1. The van der Waals surface area contributed by atoms with Crippen molar-refractivity contribution < 1.29 is 116 Å². The second-order valence-electron chi connectivity index (χ2n) is 26.5. The van der Waals surface area contributed by atoms with Crippen LogP contribution in [-0.4, -0.2) is 169 Å². The minimum Gasteiger partial charge on any atom is -0.756 e. The Kier molecular flexibility index (Phi) is 49.4. The number of phosphoric ester groups is 2. The van der Waals surface area contributed by atoms with E-state index in [-0.39, 0.29) is 32.1 Å². The number of phosphoric acid groups is 2. The molecule has 0 aromatic rings. The molecule has 28 heteroatoms. The number of ether oxygens (including phenoxy) is 6. The van der Waals surface area contributed by atoms with E-state index in [2.05, 4.69) is 31.4 Å². The van der Waals surface area contributed by atoms with Gasteiger partial charge < -0.3 is 84.2 Å². The molecule has 2 rings (SSSR count). The van der Waals surface area contributed by atoms with Gasteiger partial charge in [0.05, 0.1) is 57.2 Å². The molecule has 10 N–H and O–H groups in total. The molecule has 0 bridgehead atoms. The number of aliphatic hydroxyl groups is 5. The third-order valence-electron chi connectivity index (χ3n) is 17.6. The molecular formula is C68H127N2O24P2-. The fraction of sp³-hybridized carbons (Fsp3) is 0.926. The van der Waals surface area contributed by atoms with E-state index in [0.29, 0.717) is 32.1 Å². The van der Waals surface area contributed by atoms with Crippen LogP contribution in [0, 0.1) is 0 Å². The molecule has 2 amide bonds. The normalized spacial score (nSPS) is 23.3. The number of nitrogens with one attached hydrogen (secondary N) is 2. The summed E-state index contributed by atoms with van der Waals surface area (Å²) in [5.41, 5.74) is 0. The van der Waals surface area contributed by atoms with Gasteiger partial charge in [0.2, 0.25) is 11.8 Å². The van der Waals surface area contributed by atoms with Crippen molar-refractivity contribution in [3.8, 4) is 0 Å². The van der Waals surface area contributed by atoms with Gasteiger partial charge in [-0.15, -0.1) is 0 Å². The summed E-state index contributed by atoms with van der Waals surface area (Å²) in [6.07, 6.45) is 7.73. The molecule has 2 saturated heterocycles. The molecule has 15 atom stereocenters. The van der Waals surface area contributed by atoms with E-state index in [4.69, 9.17) is 37.5 Å². The highest BCUT2D eigenvalue weighted by Crippen LogP contribution is 2.43. The van der Waals surface area contributed by atoms with Gasteiger partial charge in [-0.25, -0.2) is 4.57 Å². The molecule has 2 aliphatic heterocycles. The molecule has 0 spiro atoms. The quantitative estimate of drug-likeness (QED) is 0.0117. The Hall–Kier alpha value is -2.75. The van der Waals surface area contributed by atoms with Crippen LogP contribution in [0.2, 0.25) is 0 Å². The highest BCUT2D eigenvalue weighted by atomic mass is 31.2. The first-order valence-electron chi connectivity index (χ1n) is 36.8. The molecule has 0 aromatic heterocycles. The van der Waals surface area contributed by atoms with Crippen molar-refractivity contribution in [1.29, 1.82) is 0 Å². The lowest BCUT2D eigenvalue weighted by Crippen LogP contribution is -2.68. The van der Waals surface area contributed by atoms with Gasteiger partial charge in [0.15, 0.2) is 24.8 Å². The maximum atomic E-state index is 14.7. The van der Waals surface area contributed by atoms with Gasteiger partial charge >= 0.3 is 25.7 Å². The Bertz CT molecular complexity index is 2160. The van der Waals surface area contributed by atoms with Gasteiger partial charge in [0.1, 0.15) is 42.6 Å². The molecule has 2 fully saturated rings. The summed E-state index contributed by atoms with van der Waals surface area (Å²) in [4.78, 5) is 113. The van der Waals surface area contributed by atoms with Crippen molar-refractivity contribution in [2.75, 3.05) is 13.2 Å². The van der Waals surface area contributed by atoms with Crippen LogP contribution in [0.4, 0.5) is 0 Å². The Morgan fingerprint density at radius 3 is 1.26 bits per heavy atom. The number of hydrogen-bond acceptors (Lipinski definition) is 21. The zero-order chi connectivity index (χ0) is 71.2. The number of carbonyl (C=O) groups excluding carboxylic acids is 5. The molecule has 26 nitrogen and oxygen atoms in total. The summed E-state index contributed by atoms with van der Waals surface area (Å²) in [7, 11) is -11.5. The molecule has 564 valence electrons. The number of hydrogen-bond donors (Lipinski definition) is 10. The van der Waals surface area contributed by atoms with Crippen LogP contribution in [0.1, 0.15) is 304 Å². The smallest absolute Gasteiger partial charge is 0.470 e. The third-order valence-corrected chi connectivity index (χ3v) is 18.6. The predicted octanol–water partition coefficient (Wildman–Crippen LogP) is 10.0. The van der Waals surface area contributed by atoms with E-state index in [1.807, 2.05) is 13.8 Å². The van der Waals surface area contributed by atoms with E-state index in [9.17, 15) is 78.2 Å². The van der Waals surface area contributed by atoms with E-state index in [1.54, 1.807) is 0 Å². The van der Waals surface area contributed by atoms with Gasteiger partial charge in [-0.1, -0.05) is 234 Å². The number of amides is 2. The lowest BCUT2D eigenvalue weighted by molar-refractivity contribution is -0.305. The van der Waals surface area contributed by atoms with Gasteiger partial charge in [0, 0.05) is 6.42 Å². The second-order valence-corrected chi connectivity index (χ2v) is 28.9. The average Bonchev–Trinajstić information content (AvgIpc) is 0.794. The van der Waals surface area contributed by atoms with Gasteiger partial charge in [-0.3, -0.25) is 37.6 Å². The minimum atomic E-state index is -5.88. The molecule has 0 radical (unpaired) electrons. The zero-order valence-corrected chi connectivity index (χ0v) is 60.5. The molecule has 0 saturated carbocycles. The lowest BCUT2D eigenvalue weighted by atomic mass is 9.95. The molecular weight excluding hydrogens is 1290 g/mol. The minimum absolute atomic E-state index is 0.0897. The number of carbonyl (C=O) groups is 5. The molecule has 2 aliphatic rings. The van der Waals surface area contributed by atoms with Crippen LogP contribution in [-0.2, 0) is 70.6 Å². The molecule has 2 heterocycles. The number of unbranched alkanes of at least 4 members (excludes halogenated alkanes) is 28. The summed E-state index contributed by atoms with van der Waals surface area (Å²) in [5.74, 6) is -4.61. The van der Waals surface area contributed by atoms with Crippen molar-refractivity contribution >= 4 is 45.4 Å². The predicted molar refractivity (Wildman–Crippen MR) is 358 cm³/mol. The van der Waals surface area contributed by atoms with Crippen LogP contribution in [0.15, 0.2) is 0 Å². The first-order valence-corrected chi connectivity index (χ1v) is 39.8. The summed E-state index contributed by atoms with van der Waals surface area (Å²) in [6, 6.07) is -3.85. The van der Waals surface area contributed by atoms with Crippen LogP contribution in [0.5, 0.6) is 0 Å². The highest BCUT2D eigenvalue weighted by molar-refractivity contribution is 7.46. The van der Waals surface area contributed by atoms with E-state index < -0.39 is 170 Å². The zero-order valence-electron chi connectivity index (χ0n) is 58.7. The first kappa shape index (κ1) is 89.3. The number of rotatable bonds is 59. The van der Waals surface area contributed by atoms with Gasteiger partial charge in [-0.05, 0) is 38.5 Å². The molecule has 5 unspecified atom stereocenters. The van der Waals surface area contributed by atoms with Crippen molar-refractivity contribution in [3.05, 3.63) is 0 Å². The van der Waals surface area contributed by atoms with Crippen molar-refractivity contribution in [2.45, 2.75) is 390 Å². The summed E-state index contributed by atoms with van der Waals surface area (Å²) in [5, 5.41) is 61.0. The SMILES string of the molecule is CCCCCCCCCCCC(=O)O[C@H](CCCCCCCCC)CC(=O)NC1[C@H](OCC2O[C@H](OP(=O)([O-])O)C(NC(=O)C[C@H](O)CCCCCCCCC)[C@@H](OC(=O)C[C@H](O)CCCCCCC)[C@@H]2O)OC(CO)[C@@H](OP(=O)(O)O)[C@@H]1OC(=O)C[C@H](O)CCCCCCC. The fourth-order valence-corrected chi connectivity index (χ4v) is 13.2. The van der Waals surface area contributed by atoms with E-state index in [1.165, 1.54) is 12.8 Å². The van der Waals surface area contributed by atoms with Crippen molar-refractivity contribution in [1.82, 2.24) is 10.6 Å². The highest BCUT2D eigenvalue weighted by Gasteiger charge is 2.54. The Balaban J connectivity index is 2.71. The molecule has 0 aromatic carbocycles. The van der Waals surface area contributed by atoms with Crippen molar-refractivity contribution in [2.24, 2.45) is 0 Å². The average molecular weight is 1420 g/mol. The topological polar surface area (TPSA) is 402 Å². The Labute approximate surface area is 572 Å². The fourth-order valence-electron chi connectivity index (χ4n) is 12.2. The maximum Gasteiger partial charge on any atom is 0.470 e. The van der Waals surface area contributed by atoms with Crippen molar-refractivity contribution in [3.63, 3.8) is 0 Å². The lowest BCUT2D eigenvalue weighted by Gasteiger charge is -2.47. The third kappa shape index (κ3) is 41.9. The van der Waals surface area contributed by atoms with E-state index in [0.717, 1.165) is 167 Å². The monoisotopic (exact) mass is 1420 g/mol. The number of aliphatic hydroxyl groups excluding tert-OH is 5. The van der Waals surface area contributed by atoms with Gasteiger partial charge in [0.25, 0.3) is 7.82 Å².